The van der Waals surface area contributed by atoms with E-state index in [2.05, 4.69) is 10.2 Å². The van der Waals surface area contributed by atoms with Gasteiger partial charge in [-0.2, -0.15) is 4.31 Å². The monoisotopic (exact) mass is 636 g/mol. The van der Waals surface area contributed by atoms with Crippen molar-refractivity contribution in [1.82, 2.24) is 19.4 Å². The Balaban J connectivity index is 1.31. The zero-order chi connectivity index (χ0) is 31.5. The minimum atomic E-state index is -3.66. The first-order valence-electron chi connectivity index (χ1n) is 15.2. The summed E-state index contributed by atoms with van der Waals surface area (Å²) in [6, 6.07) is 23.9. The lowest BCUT2D eigenvalue weighted by atomic mass is 10.0. The van der Waals surface area contributed by atoms with Gasteiger partial charge in [-0.1, -0.05) is 60.7 Å². The number of morpholine rings is 2. The topological polar surface area (TPSA) is 118 Å². The van der Waals surface area contributed by atoms with Crippen molar-refractivity contribution < 1.29 is 32.2 Å². The third-order valence-electron chi connectivity index (χ3n) is 7.82. The van der Waals surface area contributed by atoms with Crippen LogP contribution < -0.4 is 10.1 Å². The van der Waals surface area contributed by atoms with Gasteiger partial charge in [-0.3, -0.25) is 14.5 Å². The Kier molecular flexibility index (Phi) is 11.6. The lowest BCUT2D eigenvalue weighted by Gasteiger charge is -2.32. The molecule has 240 valence electrons. The van der Waals surface area contributed by atoms with Gasteiger partial charge in [0.2, 0.25) is 15.9 Å². The van der Waals surface area contributed by atoms with E-state index in [4.69, 9.17) is 14.2 Å². The van der Waals surface area contributed by atoms with Gasteiger partial charge in [-0.15, -0.1) is 0 Å². The lowest BCUT2D eigenvalue weighted by Crippen LogP contribution is -2.47. The Bertz CT molecular complexity index is 1480. The van der Waals surface area contributed by atoms with E-state index in [-0.39, 0.29) is 29.9 Å². The van der Waals surface area contributed by atoms with Crippen molar-refractivity contribution in [3.63, 3.8) is 0 Å². The van der Waals surface area contributed by atoms with Crippen LogP contribution in [-0.2, 0) is 35.6 Å². The molecule has 0 bridgehead atoms. The number of rotatable bonds is 13. The standard InChI is InChI=1S/C33H40N4O7S/c38-31(26-44-29-11-13-30(14-12-29)45(40,41)36-19-23-43-24-20-36)37(25-27-7-3-1-4-8-27)32(28-9-5-2-6-10-28)33(39)34-15-16-35-17-21-42-22-18-35/h1-14,32H,15-26H2,(H,34,39). The van der Waals surface area contributed by atoms with Gasteiger partial charge in [0.25, 0.3) is 5.91 Å². The van der Waals surface area contributed by atoms with Crippen LogP contribution in [0.15, 0.2) is 89.8 Å². The molecule has 2 aliphatic rings. The first-order chi connectivity index (χ1) is 21.9. The zero-order valence-electron chi connectivity index (χ0n) is 25.3. The second-order valence-electron chi connectivity index (χ2n) is 10.8. The molecule has 0 aromatic heterocycles. The van der Waals surface area contributed by atoms with Crippen molar-refractivity contribution in [3.8, 4) is 5.75 Å². The van der Waals surface area contributed by atoms with Crippen LogP contribution in [0.2, 0.25) is 0 Å². The Labute approximate surface area is 264 Å². The molecular formula is C33H40N4O7S. The fraction of sp³-hybridized carbons (Fsp3) is 0.394. The Morgan fingerprint density at radius 2 is 1.42 bits per heavy atom. The van der Waals surface area contributed by atoms with Crippen LogP contribution in [0.1, 0.15) is 17.2 Å². The van der Waals surface area contributed by atoms with Gasteiger partial charge >= 0.3 is 0 Å². The maximum atomic E-state index is 13.9. The van der Waals surface area contributed by atoms with E-state index in [1.165, 1.54) is 33.5 Å². The predicted octanol–water partition coefficient (Wildman–Crippen LogP) is 2.30. The third-order valence-corrected chi connectivity index (χ3v) is 9.73. The number of hydrogen-bond donors (Lipinski definition) is 1. The number of benzene rings is 3. The van der Waals surface area contributed by atoms with Crippen molar-refractivity contribution in [1.29, 1.82) is 0 Å². The molecule has 0 saturated carbocycles. The summed E-state index contributed by atoms with van der Waals surface area (Å²) >= 11 is 0. The Morgan fingerprint density at radius 1 is 0.822 bits per heavy atom. The molecule has 2 fully saturated rings. The van der Waals surface area contributed by atoms with E-state index < -0.39 is 16.1 Å². The van der Waals surface area contributed by atoms with E-state index in [9.17, 15) is 18.0 Å². The fourth-order valence-corrected chi connectivity index (χ4v) is 6.75. The van der Waals surface area contributed by atoms with Crippen molar-refractivity contribution in [2.75, 3.05) is 72.3 Å². The minimum Gasteiger partial charge on any atom is -0.484 e. The smallest absolute Gasteiger partial charge is 0.261 e. The quantitative estimate of drug-likeness (QED) is 0.304. The summed E-state index contributed by atoms with van der Waals surface area (Å²) in [6.45, 7) is 5.26. The van der Waals surface area contributed by atoms with Crippen LogP contribution in [0.4, 0.5) is 0 Å². The van der Waals surface area contributed by atoms with Gasteiger partial charge in [-0.05, 0) is 35.4 Å². The maximum absolute atomic E-state index is 13.9. The van der Waals surface area contributed by atoms with Gasteiger partial charge < -0.3 is 24.4 Å². The lowest BCUT2D eigenvalue weighted by molar-refractivity contribution is -0.143. The Hall–Kier alpha value is -3.81. The highest BCUT2D eigenvalue weighted by atomic mass is 32.2. The number of sulfonamides is 1. The molecule has 2 amide bonds. The largest absolute Gasteiger partial charge is 0.484 e. The van der Waals surface area contributed by atoms with Gasteiger partial charge in [0.1, 0.15) is 11.8 Å². The molecule has 3 aromatic carbocycles. The molecule has 12 heteroatoms. The second-order valence-corrected chi connectivity index (χ2v) is 12.8. The zero-order valence-corrected chi connectivity index (χ0v) is 26.1. The number of carbonyl (C=O) groups is 2. The molecule has 1 unspecified atom stereocenters. The maximum Gasteiger partial charge on any atom is 0.261 e. The normalized spacial score (nSPS) is 16.9. The molecular weight excluding hydrogens is 596 g/mol. The molecule has 0 radical (unpaired) electrons. The summed E-state index contributed by atoms with van der Waals surface area (Å²) < 4.78 is 43.9. The van der Waals surface area contributed by atoms with Gasteiger partial charge in [0, 0.05) is 45.8 Å². The van der Waals surface area contributed by atoms with Crippen molar-refractivity contribution in [2.45, 2.75) is 17.5 Å². The van der Waals surface area contributed by atoms with Crippen LogP contribution in [-0.4, -0.2) is 107 Å². The number of ether oxygens (including phenoxy) is 3. The van der Waals surface area contributed by atoms with Crippen LogP contribution in [0, 0.1) is 0 Å². The Morgan fingerprint density at radius 3 is 2.07 bits per heavy atom. The summed E-state index contributed by atoms with van der Waals surface area (Å²) in [4.78, 5) is 31.6. The van der Waals surface area contributed by atoms with Gasteiger partial charge in [0.05, 0.1) is 31.3 Å². The van der Waals surface area contributed by atoms with E-state index >= 15 is 0 Å². The van der Waals surface area contributed by atoms with E-state index in [1.807, 2.05) is 60.7 Å². The van der Waals surface area contributed by atoms with Crippen molar-refractivity contribution in [2.24, 2.45) is 0 Å². The highest BCUT2D eigenvalue weighted by Gasteiger charge is 2.32. The van der Waals surface area contributed by atoms with Crippen LogP contribution >= 0.6 is 0 Å². The average Bonchev–Trinajstić information content (AvgIpc) is 3.09. The summed E-state index contributed by atoms with van der Waals surface area (Å²) in [5.74, 6) is -0.326. The molecule has 1 N–H and O–H groups in total. The van der Waals surface area contributed by atoms with Crippen LogP contribution in [0.3, 0.4) is 0 Å². The number of nitrogens with zero attached hydrogens (tertiary/aromatic N) is 3. The molecule has 45 heavy (non-hydrogen) atoms. The first-order valence-corrected chi connectivity index (χ1v) is 16.6. The van der Waals surface area contributed by atoms with Gasteiger partial charge in [0.15, 0.2) is 6.61 Å². The molecule has 1 atom stereocenters. The number of amides is 2. The molecule has 5 rings (SSSR count). The van der Waals surface area contributed by atoms with E-state index in [0.717, 1.165) is 18.7 Å². The molecule has 0 spiro atoms. The molecule has 3 aromatic rings. The molecule has 2 saturated heterocycles. The molecule has 2 aliphatic heterocycles. The van der Waals surface area contributed by atoms with Crippen LogP contribution in [0.25, 0.3) is 0 Å². The highest BCUT2D eigenvalue weighted by Crippen LogP contribution is 2.25. The SMILES string of the molecule is O=C(NCCN1CCOCC1)C(c1ccccc1)N(Cc1ccccc1)C(=O)COc1ccc(S(=O)(=O)N2CCOCC2)cc1. The second kappa shape index (κ2) is 16.0. The molecule has 0 aliphatic carbocycles. The molecule has 11 nitrogen and oxygen atoms in total. The molecule has 2 heterocycles. The summed E-state index contributed by atoms with van der Waals surface area (Å²) in [6.07, 6.45) is 0. The highest BCUT2D eigenvalue weighted by molar-refractivity contribution is 7.89. The summed E-state index contributed by atoms with van der Waals surface area (Å²) in [5, 5.41) is 3.05. The first kappa shape index (κ1) is 32.6. The van der Waals surface area contributed by atoms with Crippen molar-refractivity contribution in [3.05, 3.63) is 96.1 Å². The van der Waals surface area contributed by atoms with Crippen LogP contribution in [0.5, 0.6) is 5.75 Å². The predicted molar refractivity (Wildman–Crippen MR) is 168 cm³/mol. The number of nitrogens with one attached hydrogen (secondary N) is 1. The average molecular weight is 637 g/mol. The summed E-state index contributed by atoms with van der Waals surface area (Å²) in [5.41, 5.74) is 1.55. The minimum absolute atomic E-state index is 0.145. The fourth-order valence-electron chi connectivity index (χ4n) is 5.34. The third kappa shape index (κ3) is 8.89. The summed E-state index contributed by atoms with van der Waals surface area (Å²) in [7, 11) is -3.66. The number of hydrogen-bond acceptors (Lipinski definition) is 8. The van der Waals surface area contributed by atoms with Crippen molar-refractivity contribution >= 4 is 21.8 Å². The number of carbonyl (C=O) groups excluding carboxylic acids is 2. The van der Waals surface area contributed by atoms with Gasteiger partial charge in [-0.25, -0.2) is 8.42 Å². The van der Waals surface area contributed by atoms with E-state index in [1.54, 1.807) is 0 Å². The van der Waals surface area contributed by atoms with E-state index in [0.29, 0.717) is 63.9 Å².